The normalized spacial score (nSPS) is 11.0. The summed E-state index contributed by atoms with van der Waals surface area (Å²) in [5.41, 5.74) is 5.10. The first-order valence-corrected chi connectivity index (χ1v) is 4.05. The van der Waals surface area contributed by atoms with Crippen LogP contribution < -0.4 is 5.73 Å². The lowest BCUT2D eigenvalue weighted by atomic mass is 10.1. The lowest BCUT2D eigenvalue weighted by Crippen LogP contribution is -2.48. The Balaban J connectivity index is 4.43. The van der Waals surface area contributed by atoms with Crippen molar-refractivity contribution in [3.63, 3.8) is 0 Å². The van der Waals surface area contributed by atoms with Gasteiger partial charge in [-0.1, -0.05) is 6.08 Å². The monoisotopic (exact) mass is 170 g/mol. The zero-order valence-electron chi connectivity index (χ0n) is 8.13. The molecule has 0 aliphatic heterocycles. The molecule has 70 valence electrons. The fourth-order valence-corrected chi connectivity index (χ4v) is 0.989. The molecule has 1 amide bonds. The van der Waals surface area contributed by atoms with Gasteiger partial charge in [-0.3, -0.25) is 4.79 Å². The average molecular weight is 170 g/mol. The first kappa shape index (κ1) is 11.2. The quantitative estimate of drug-likeness (QED) is 0.635. The molecule has 0 rings (SSSR count). The molecule has 0 aliphatic rings. The van der Waals surface area contributed by atoms with Crippen LogP contribution in [0.3, 0.4) is 0 Å². The van der Waals surface area contributed by atoms with Crippen LogP contribution in [0.25, 0.3) is 0 Å². The number of hydrogen-bond donors (Lipinski definition) is 1. The lowest BCUT2D eigenvalue weighted by molar-refractivity contribution is -0.133. The molecule has 0 aliphatic carbocycles. The van der Waals surface area contributed by atoms with Gasteiger partial charge in [-0.2, -0.15) is 0 Å². The lowest BCUT2D eigenvalue weighted by Gasteiger charge is -2.34. The van der Waals surface area contributed by atoms with Crippen molar-refractivity contribution in [2.75, 3.05) is 13.1 Å². The Morgan fingerprint density at radius 2 is 2.08 bits per heavy atom. The minimum Gasteiger partial charge on any atom is -0.333 e. The van der Waals surface area contributed by atoms with Gasteiger partial charge in [-0.15, -0.1) is 6.58 Å². The summed E-state index contributed by atoms with van der Waals surface area (Å²) in [5.74, 6) is -0.0394. The van der Waals surface area contributed by atoms with E-state index in [1.165, 1.54) is 0 Å². The van der Waals surface area contributed by atoms with Crippen molar-refractivity contribution in [3.8, 4) is 0 Å². The number of rotatable bonds is 3. The van der Waals surface area contributed by atoms with Crippen molar-refractivity contribution in [2.45, 2.75) is 26.3 Å². The van der Waals surface area contributed by atoms with Gasteiger partial charge < -0.3 is 10.6 Å². The molecule has 0 heterocycles. The summed E-state index contributed by atoms with van der Waals surface area (Å²) < 4.78 is 0. The third-order valence-electron chi connectivity index (χ3n) is 1.60. The highest BCUT2D eigenvalue weighted by molar-refractivity contribution is 5.78. The van der Waals surface area contributed by atoms with E-state index >= 15 is 0 Å². The van der Waals surface area contributed by atoms with E-state index < -0.39 is 0 Å². The van der Waals surface area contributed by atoms with Crippen LogP contribution >= 0.6 is 0 Å². The molecule has 0 bridgehead atoms. The fourth-order valence-electron chi connectivity index (χ4n) is 0.989. The van der Waals surface area contributed by atoms with Crippen LogP contribution in [-0.4, -0.2) is 29.4 Å². The number of carbonyl (C=O) groups excluding carboxylic acids is 1. The third-order valence-corrected chi connectivity index (χ3v) is 1.60. The Bertz CT molecular complexity index is 170. The van der Waals surface area contributed by atoms with Gasteiger partial charge in [0, 0.05) is 12.1 Å². The Morgan fingerprint density at radius 3 is 2.33 bits per heavy atom. The van der Waals surface area contributed by atoms with Crippen LogP contribution in [0, 0.1) is 0 Å². The molecule has 2 N–H and O–H groups in total. The number of nitrogens with zero attached hydrogens (tertiary/aromatic N) is 1. The maximum absolute atomic E-state index is 11.3. The number of amides is 1. The fraction of sp³-hybridized carbons (Fsp3) is 0.667. The average Bonchev–Trinajstić information content (AvgIpc) is 1.96. The number of nitrogens with two attached hydrogens (primary N) is 1. The van der Waals surface area contributed by atoms with Gasteiger partial charge in [-0.05, 0) is 20.8 Å². The molecule has 0 aromatic carbocycles. The van der Waals surface area contributed by atoms with Crippen molar-refractivity contribution < 1.29 is 4.79 Å². The molecular formula is C9H18N2O. The molecule has 3 nitrogen and oxygen atoms in total. The summed E-state index contributed by atoms with van der Waals surface area (Å²) >= 11 is 0. The zero-order chi connectivity index (χ0) is 9.78. The summed E-state index contributed by atoms with van der Waals surface area (Å²) in [5, 5.41) is 0. The molecule has 0 unspecified atom stereocenters. The molecule has 0 spiro atoms. The predicted octanol–water partition coefficient (Wildman–Crippen LogP) is 0.758. The van der Waals surface area contributed by atoms with Crippen LogP contribution in [0.1, 0.15) is 20.8 Å². The van der Waals surface area contributed by atoms with E-state index in [2.05, 4.69) is 6.58 Å². The summed E-state index contributed by atoms with van der Waals surface area (Å²) in [7, 11) is 0. The molecule has 0 aromatic rings. The van der Waals surface area contributed by atoms with Crippen LogP contribution in [0.4, 0.5) is 0 Å². The highest BCUT2D eigenvalue weighted by Gasteiger charge is 2.23. The van der Waals surface area contributed by atoms with Crippen LogP contribution in [-0.2, 0) is 4.79 Å². The van der Waals surface area contributed by atoms with E-state index in [-0.39, 0.29) is 18.0 Å². The Kier molecular flexibility index (Phi) is 3.96. The molecule has 0 fully saturated rings. The second-order valence-electron chi connectivity index (χ2n) is 3.67. The van der Waals surface area contributed by atoms with Gasteiger partial charge in [0.15, 0.2) is 0 Å². The maximum Gasteiger partial charge on any atom is 0.237 e. The van der Waals surface area contributed by atoms with Gasteiger partial charge in [0.1, 0.15) is 0 Å². The summed E-state index contributed by atoms with van der Waals surface area (Å²) in [4.78, 5) is 13.0. The topological polar surface area (TPSA) is 46.3 Å². The molecule has 12 heavy (non-hydrogen) atoms. The molecule has 0 atom stereocenters. The van der Waals surface area contributed by atoms with Crippen LogP contribution in [0.5, 0.6) is 0 Å². The molecule has 0 radical (unpaired) electrons. The SMILES string of the molecule is C=CCN(C(=O)CN)C(C)(C)C. The van der Waals surface area contributed by atoms with E-state index in [9.17, 15) is 4.79 Å². The number of carbonyl (C=O) groups is 1. The standard InChI is InChI=1S/C9H18N2O/c1-5-6-11(8(12)7-10)9(2,3)4/h5H,1,6-7,10H2,2-4H3. The van der Waals surface area contributed by atoms with Crippen molar-refractivity contribution in [2.24, 2.45) is 5.73 Å². The van der Waals surface area contributed by atoms with Gasteiger partial charge in [-0.25, -0.2) is 0 Å². The van der Waals surface area contributed by atoms with E-state index in [1.54, 1.807) is 11.0 Å². The summed E-state index contributed by atoms with van der Waals surface area (Å²) in [6.45, 7) is 10.1. The van der Waals surface area contributed by atoms with E-state index in [4.69, 9.17) is 5.73 Å². The highest BCUT2D eigenvalue weighted by Crippen LogP contribution is 2.12. The summed E-state index contributed by atoms with van der Waals surface area (Å²) in [6, 6.07) is 0. The van der Waals surface area contributed by atoms with Crippen molar-refractivity contribution >= 4 is 5.91 Å². The minimum absolute atomic E-state index is 0.0394. The Morgan fingerprint density at radius 1 is 1.58 bits per heavy atom. The van der Waals surface area contributed by atoms with Gasteiger partial charge in [0.25, 0.3) is 0 Å². The first-order valence-electron chi connectivity index (χ1n) is 4.05. The van der Waals surface area contributed by atoms with E-state index in [1.807, 2.05) is 20.8 Å². The largest absolute Gasteiger partial charge is 0.333 e. The van der Waals surface area contributed by atoms with Gasteiger partial charge in [0.2, 0.25) is 5.91 Å². The second kappa shape index (κ2) is 4.26. The summed E-state index contributed by atoms with van der Waals surface area (Å²) in [6.07, 6.45) is 1.71. The number of hydrogen-bond acceptors (Lipinski definition) is 2. The van der Waals surface area contributed by atoms with Crippen molar-refractivity contribution in [1.82, 2.24) is 4.90 Å². The highest BCUT2D eigenvalue weighted by atomic mass is 16.2. The smallest absolute Gasteiger partial charge is 0.237 e. The third kappa shape index (κ3) is 3.05. The second-order valence-corrected chi connectivity index (χ2v) is 3.67. The Hall–Kier alpha value is -0.830. The van der Waals surface area contributed by atoms with Crippen molar-refractivity contribution in [1.29, 1.82) is 0 Å². The van der Waals surface area contributed by atoms with Crippen molar-refractivity contribution in [3.05, 3.63) is 12.7 Å². The zero-order valence-corrected chi connectivity index (χ0v) is 8.13. The van der Waals surface area contributed by atoms with Gasteiger partial charge >= 0.3 is 0 Å². The molecule has 0 saturated heterocycles. The van der Waals surface area contributed by atoms with E-state index in [0.717, 1.165) is 0 Å². The first-order chi connectivity index (χ1) is 5.43. The Labute approximate surface area is 74.2 Å². The maximum atomic E-state index is 11.3. The molecular weight excluding hydrogens is 152 g/mol. The van der Waals surface area contributed by atoms with Crippen LogP contribution in [0.2, 0.25) is 0 Å². The van der Waals surface area contributed by atoms with Crippen LogP contribution in [0.15, 0.2) is 12.7 Å². The molecule has 0 aromatic heterocycles. The minimum atomic E-state index is -0.176. The van der Waals surface area contributed by atoms with E-state index in [0.29, 0.717) is 6.54 Å². The molecule has 0 saturated carbocycles. The molecule has 3 heteroatoms. The predicted molar refractivity (Wildman–Crippen MR) is 50.7 cm³/mol. The van der Waals surface area contributed by atoms with Gasteiger partial charge in [0.05, 0.1) is 6.54 Å².